The molecule has 1 fully saturated rings. The highest BCUT2D eigenvalue weighted by atomic mass is 19.4. The first kappa shape index (κ1) is 14.8. The van der Waals surface area contributed by atoms with Gasteiger partial charge in [-0.05, 0) is 37.9 Å². The predicted octanol–water partition coefficient (Wildman–Crippen LogP) is 2.50. The van der Waals surface area contributed by atoms with Crippen LogP contribution in [0, 0.1) is 6.92 Å². The van der Waals surface area contributed by atoms with Crippen LogP contribution < -0.4 is 10.6 Å². The molecule has 0 saturated carbocycles. The SMILES string of the molecule is Cc1cccc(C(=O)NCC2CCCN2)c1C(F)(F)F. The second kappa shape index (κ2) is 5.83. The van der Waals surface area contributed by atoms with Gasteiger partial charge in [-0.1, -0.05) is 12.1 Å². The van der Waals surface area contributed by atoms with Gasteiger partial charge >= 0.3 is 6.18 Å². The normalized spacial score (nSPS) is 19.1. The van der Waals surface area contributed by atoms with E-state index >= 15 is 0 Å². The summed E-state index contributed by atoms with van der Waals surface area (Å²) in [5, 5.41) is 5.76. The summed E-state index contributed by atoms with van der Waals surface area (Å²) in [5.74, 6) is -0.672. The summed E-state index contributed by atoms with van der Waals surface area (Å²) in [4.78, 5) is 12.0. The van der Waals surface area contributed by atoms with E-state index in [0.717, 1.165) is 19.4 Å². The Labute approximate surface area is 115 Å². The Hall–Kier alpha value is -1.56. The molecule has 6 heteroatoms. The van der Waals surface area contributed by atoms with Crippen molar-refractivity contribution in [3.05, 3.63) is 34.9 Å². The predicted molar refractivity (Wildman–Crippen MR) is 69.5 cm³/mol. The third-order valence-corrected chi connectivity index (χ3v) is 3.47. The number of halogens is 3. The molecule has 1 aliphatic heterocycles. The Bertz CT molecular complexity index is 494. The summed E-state index contributed by atoms with van der Waals surface area (Å²) in [5.41, 5.74) is -1.10. The fourth-order valence-corrected chi connectivity index (χ4v) is 2.48. The van der Waals surface area contributed by atoms with E-state index in [2.05, 4.69) is 10.6 Å². The van der Waals surface area contributed by atoms with E-state index in [1.807, 2.05) is 0 Å². The van der Waals surface area contributed by atoms with Crippen molar-refractivity contribution >= 4 is 5.91 Å². The third-order valence-electron chi connectivity index (χ3n) is 3.47. The molecule has 2 N–H and O–H groups in total. The highest BCUT2D eigenvalue weighted by Crippen LogP contribution is 2.34. The van der Waals surface area contributed by atoms with E-state index in [-0.39, 0.29) is 17.2 Å². The number of hydrogen-bond donors (Lipinski definition) is 2. The van der Waals surface area contributed by atoms with E-state index in [1.54, 1.807) is 0 Å². The molecule has 1 amide bonds. The summed E-state index contributed by atoms with van der Waals surface area (Å²) in [7, 11) is 0. The minimum Gasteiger partial charge on any atom is -0.350 e. The number of carbonyl (C=O) groups excluding carboxylic acids is 1. The quantitative estimate of drug-likeness (QED) is 0.896. The number of rotatable bonds is 3. The summed E-state index contributed by atoms with van der Waals surface area (Å²) in [6, 6.07) is 4.19. The van der Waals surface area contributed by atoms with Crippen LogP contribution in [0.25, 0.3) is 0 Å². The zero-order valence-electron chi connectivity index (χ0n) is 11.2. The lowest BCUT2D eigenvalue weighted by atomic mass is 10.0. The van der Waals surface area contributed by atoms with Gasteiger partial charge < -0.3 is 10.6 Å². The van der Waals surface area contributed by atoms with E-state index in [0.29, 0.717) is 6.54 Å². The number of hydrogen-bond acceptors (Lipinski definition) is 2. The van der Waals surface area contributed by atoms with Gasteiger partial charge in [-0.3, -0.25) is 4.79 Å². The molecule has 1 heterocycles. The summed E-state index contributed by atoms with van der Waals surface area (Å²) >= 11 is 0. The van der Waals surface area contributed by atoms with Crippen molar-refractivity contribution in [2.75, 3.05) is 13.1 Å². The molecular weight excluding hydrogens is 269 g/mol. The average Bonchev–Trinajstić information content (AvgIpc) is 2.87. The Balaban J connectivity index is 2.15. The summed E-state index contributed by atoms with van der Waals surface area (Å²) in [6.07, 6.45) is -2.57. The largest absolute Gasteiger partial charge is 0.417 e. The monoisotopic (exact) mass is 286 g/mol. The second-order valence-electron chi connectivity index (χ2n) is 5.00. The second-order valence-corrected chi connectivity index (χ2v) is 5.00. The number of benzene rings is 1. The fourth-order valence-electron chi connectivity index (χ4n) is 2.48. The Morgan fingerprint density at radius 3 is 2.80 bits per heavy atom. The molecule has 0 spiro atoms. The van der Waals surface area contributed by atoms with Gasteiger partial charge in [0, 0.05) is 12.6 Å². The molecule has 110 valence electrons. The topological polar surface area (TPSA) is 41.1 Å². The highest BCUT2D eigenvalue weighted by molar-refractivity contribution is 5.96. The van der Waals surface area contributed by atoms with Crippen LogP contribution in [0.1, 0.15) is 34.3 Å². The van der Waals surface area contributed by atoms with Gasteiger partial charge in [-0.15, -0.1) is 0 Å². The van der Waals surface area contributed by atoms with Crippen LogP contribution in [-0.4, -0.2) is 25.0 Å². The van der Waals surface area contributed by atoms with Crippen LogP contribution in [0.3, 0.4) is 0 Å². The first-order valence-corrected chi connectivity index (χ1v) is 6.58. The van der Waals surface area contributed by atoms with E-state index in [4.69, 9.17) is 0 Å². The first-order valence-electron chi connectivity index (χ1n) is 6.58. The maximum absolute atomic E-state index is 13.0. The summed E-state index contributed by atoms with van der Waals surface area (Å²) < 4.78 is 39.1. The van der Waals surface area contributed by atoms with Gasteiger partial charge in [-0.2, -0.15) is 13.2 Å². The zero-order chi connectivity index (χ0) is 14.8. The highest BCUT2D eigenvalue weighted by Gasteiger charge is 2.36. The average molecular weight is 286 g/mol. The van der Waals surface area contributed by atoms with Crippen LogP contribution in [0.15, 0.2) is 18.2 Å². The molecule has 1 aromatic rings. The zero-order valence-corrected chi connectivity index (χ0v) is 11.2. The van der Waals surface area contributed by atoms with Crippen molar-refractivity contribution in [3.8, 4) is 0 Å². The molecule has 0 aliphatic carbocycles. The lowest BCUT2D eigenvalue weighted by molar-refractivity contribution is -0.138. The van der Waals surface area contributed by atoms with E-state index < -0.39 is 17.6 Å². The molecular formula is C14H17F3N2O. The molecule has 0 bridgehead atoms. The van der Waals surface area contributed by atoms with Crippen molar-refractivity contribution < 1.29 is 18.0 Å². The fraction of sp³-hybridized carbons (Fsp3) is 0.500. The van der Waals surface area contributed by atoms with Gasteiger partial charge in [-0.25, -0.2) is 0 Å². The minimum atomic E-state index is -4.52. The number of aryl methyl sites for hydroxylation is 1. The van der Waals surface area contributed by atoms with Gasteiger partial charge in [0.1, 0.15) is 0 Å². The molecule has 0 aromatic heterocycles. The Morgan fingerprint density at radius 1 is 1.45 bits per heavy atom. The lowest BCUT2D eigenvalue weighted by Crippen LogP contribution is -2.37. The van der Waals surface area contributed by atoms with Crippen LogP contribution in [-0.2, 0) is 6.18 Å². The molecule has 1 unspecified atom stereocenters. The van der Waals surface area contributed by atoms with Crippen LogP contribution in [0.2, 0.25) is 0 Å². The van der Waals surface area contributed by atoms with Gasteiger partial charge in [0.05, 0.1) is 11.1 Å². The van der Waals surface area contributed by atoms with Crippen molar-refractivity contribution in [1.29, 1.82) is 0 Å². The number of carbonyl (C=O) groups is 1. The number of amides is 1. The lowest BCUT2D eigenvalue weighted by Gasteiger charge is -2.16. The Kier molecular flexibility index (Phi) is 4.32. The maximum Gasteiger partial charge on any atom is 0.417 e. The molecule has 1 aromatic carbocycles. The maximum atomic E-state index is 13.0. The summed E-state index contributed by atoms with van der Waals surface area (Å²) in [6.45, 7) is 2.60. The van der Waals surface area contributed by atoms with Crippen LogP contribution >= 0.6 is 0 Å². The van der Waals surface area contributed by atoms with Crippen molar-refractivity contribution in [2.24, 2.45) is 0 Å². The number of nitrogens with one attached hydrogen (secondary N) is 2. The smallest absolute Gasteiger partial charge is 0.350 e. The number of alkyl halides is 3. The Morgan fingerprint density at radius 2 is 2.20 bits per heavy atom. The minimum absolute atomic E-state index is 0.0594. The van der Waals surface area contributed by atoms with Crippen molar-refractivity contribution in [1.82, 2.24) is 10.6 Å². The third kappa shape index (κ3) is 3.30. The molecule has 1 atom stereocenters. The molecule has 1 saturated heterocycles. The van der Waals surface area contributed by atoms with Gasteiger partial charge in [0.15, 0.2) is 0 Å². The molecule has 0 radical (unpaired) electrons. The molecule has 1 aliphatic rings. The molecule has 2 rings (SSSR count). The van der Waals surface area contributed by atoms with Crippen LogP contribution in [0.5, 0.6) is 0 Å². The molecule has 20 heavy (non-hydrogen) atoms. The van der Waals surface area contributed by atoms with Crippen LogP contribution in [0.4, 0.5) is 13.2 Å². The van der Waals surface area contributed by atoms with Gasteiger partial charge in [0.25, 0.3) is 5.91 Å². The molecule has 3 nitrogen and oxygen atoms in total. The van der Waals surface area contributed by atoms with Crippen molar-refractivity contribution in [2.45, 2.75) is 32.0 Å². The first-order chi connectivity index (χ1) is 9.39. The van der Waals surface area contributed by atoms with Crippen molar-refractivity contribution in [3.63, 3.8) is 0 Å². The van der Waals surface area contributed by atoms with E-state index in [9.17, 15) is 18.0 Å². The van der Waals surface area contributed by atoms with Gasteiger partial charge in [0.2, 0.25) is 0 Å². The van der Waals surface area contributed by atoms with E-state index in [1.165, 1.54) is 25.1 Å². The standard InChI is InChI=1S/C14H17F3N2O/c1-9-4-2-6-11(12(9)14(15,16)17)13(20)19-8-10-5-3-7-18-10/h2,4,6,10,18H,3,5,7-8H2,1H3,(H,19,20).